The van der Waals surface area contributed by atoms with Crippen LogP contribution in [0.5, 0.6) is 5.75 Å². The topological polar surface area (TPSA) is 58.6 Å². The highest BCUT2D eigenvalue weighted by Crippen LogP contribution is 2.19. The molecule has 122 valence electrons. The molecule has 0 aliphatic carbocycles. The molecular weight excluding hydrogens is 290 g/mol. The van der Waals surface area contributed by atoms with Gasteiger partial charge in [-0.25, -0.2) is 0 Å². The second kappa shape index (κ2) is 8.34. The molecule has 0 spiro atoms. The van der Waals surface area contributed by atoms with E-state index in [1.165, 1.54) is 0 Å². The number of carbonyl (C=O) groups excluding carboxylic acids is 1. The summed E-state index contributed by atoms with van der Waals surface area (Å²) < 4.78 is 5.25. The zero-order valence-electron chi connectivity index (χ0n) is 13.5. The molecule has 2 N–H and O–H groups in total. The van der Waals surface area contributed by atoms with Crippen molar-refractivity contribution in [3.05, 3.63) is 65.7 Å². The Balaban J connectivity index is 1.87. The van der Waals surface area contributed by atoms with Gasteiger partial charge in [-0.1, -0.05) is 48.5 Å². The lowest BCUT2D eigenvalue weighted by Crippen LogP contribution is -2.34. The molecule has 0 saturated heterocycles. The van der Waals surface area contributed by atoms with Gasteiger partial charge in [0.15, 0.2) is 0 Å². The zero-order chi connectivity index (χ0) is 16.7. The van der Waals surface area contributed by atoms with Gasteiger partial charge in [0, 0.05) is 11.6 Å². The van der Waals surface area contributed by atoms with Crippen LogP contribution in [0.2, 0.25) is 0 Å². The molecule has 0 aliphatic rings. The molecule has 23 heavy (non-hydrogen) atoms. The van der Waals surface area contributed by atoms with Gasteiger partial charge in [0.2, 0.25) is 5.91 Å². The van der Waals surface area contributed by atoms with E-state index >= 15 is 0 Å². The van der Waals surface area contributed by atoms with Gasteiger partial charge in [0.25, 0.3) is 0 Å². The first-order chi connectivity index (χ1) is 11.1. The Morgan fingerprint density at radius 2 is 1.78 bits per heavy atom. The van der Waals surface area contributed by atoms with Gasteiger partial charge in [-0.05, 0) is 25.0 Å². The van der Waals surface area contributed by atoms with Gasteiger partial charge >= 0.3 is 0 Å². The molecule has 0 aliphatic heterocycles. The van der Waals surface area contributed by atoms with Gasteiger partial charge in [-0.15, -0.1) is 0 Å². The van der Waals surface area contributed by atoms with Gasteiger partial charge < -0.3 is 15.2 Å². The van der Waals surface area contributed by atoms with Gasteiger partial charge in [-0.3, -0.25) is 4.79 Å². The van der Waals surface area contributed by atoms with E-state index in [9.17, 15) is 9.90 Å². The summed E-state index contributed by atoms with van der Waals surface area (Å²) >= 11 is 0. The first-order valence-corrected chi connectivity index (χ1v) is 7.74. The number of aliphatic hydroxyl groups is 1. The van der Waals surface area contributed by atoms with Crippen molar-refractivity contribution < 1.29 is 14.6 Å². The summed E-state index contributed by atoms with van der Waals surface area (Å²) in [4.78, 5) is 12.2. The molecule has 1 amide bonds. The molecule has 0 heterocycles. The van der Waals surface area contributed by atoms with Crippen LogP contribution in [0.1, 0.15) is 30.6 Å². The van der Waals surface area contributed by atoms with Crippen molar-refractivity contribution in [1.29, 1.82) is 0 Å². The minimum Gasteiger partial charge on any atom is -0.496 e. The largest absolute Gasteiger partial charge is 0.496 e. The summed E-state index contributed by atoms with van der Waals surface area (Å²) in [6, 6.07) is 16.8. The van der Waals surface area contributed by atoms with E-state index in [1.807, 2.05) is 61.5 Å². The number of para-hydroxylation sites is 1. The molecule has 0 bridgehead atoms. The first kappa shape index (κ1) is 17.0. The number of hydrogen-bond acceptors (Lipinski definition) is 3. The van der Waals surface area contributed by atoms with E-state index in [0.29, 0.717) is 12.2 Å². The zero-order valence-corrected chi connectivity index (χ0v) is 13.5. The van der Waals surface area contributed by atoms with Gasteiger partial charge in [0.05, 0.1) is 19.6 Å². The monoisotopic (exact) mass is 313 g/mol. The number of benzene rings is 2. The molecule has 0 aromatic heterocycles. The SMILES string of the molecule is COc1ccccc1CC(=O)N[C@H](C)C[C@@H](O)c1ccccc1. The standard InChI is InChI=1S/C19H23NO3/c1-14(12-17(21)15-8-4-3-5-9-15)20-19(22)13-16-10-6-7-11-18(16)23-2/h3-11,14,17,21H,12-13H2,1-2H3,(H,20,22)/t14-,17-/m1/s1. The van der Waals surface area contributed by atoms with E-state index < -0.39 is 6.10 Å². The smallest absolute Gasteiger partial charge is 0.224 e. The molecule has 2 rings (SSSR count). The average Bonchev–Trinajstić information content (AvgIpc) is 2.55. The molecule has 2 atom stereocenters. The predicted octanol–water partition coefficient (Wildman–Crippen LogP) is 2.87. The second-order valence-electron chi connectivity index (χ2n) is 5.62. The van der Waals surface area contributed by atoms with Crippen molar-refractivity contribution in [2.75, 3.05) is 7.11 Å². The molecule has 0 fully saturated rings. The molecule has 2 aromatic rings. The highest BCUT2D eigenvalue weighted by Gasteiger charge is 2.15. The maximum atomic E-state index is 12.2. The van der Waals surface area contributed by atoms with Crippen molar-refractivity contribution in [3.8, 4) is 5.75 Å². The maximum Gasteiger partial charge on any atom is 0.224 e. The summed E-state index contributed by atoms with van der Waals surface area (Å²) in [7, 11) is 1.59. The Morgan fingerprint density at radius 1 is 1.13 bits per heavy atom. The van der Waals surface area contributed by atoms with Crippen molar-refractivity contribution in [1.82, 2.24) is 5.32 Å². The van der Waals surface area contributed by atoms with Crippen LogP contribution in [0, 0.1) is 0 Å². The number of amides is 1. The van der Waals surface area contributed by atoms with Gasteiger partial charge in [-0.2, -0.15) is 0 Å². The van der Waals surface area contributed by atoms with Crippen LogP contribution in [0.3, 0.4) is 0 Å². The number of methoxy groups -OCH3 is 1. The van der Waals surface area contributed by atoms with E-state index in [2.05, 4.69) is 5.32 Å². The highest BCUT2D eigenvalue weighted by molar-refractivity contribution is 5.79. The normalized spacial score (nSPS) is 13.2. The number of rotatable bonds is 7. The third kappa shape index (κ3) is 5.11. The Morgan fingerprint density at radius 3 is 2.48 bits per heavy atom. The predicted molar refractivity (Wildman–Crippen MR) is 90.3 cm³/mol. The Hall–Kier alpha value is -2.33. The number of nitrogens with one attached hydrogen (secondary N) is 1. The first-order valence-electron chi connectivity index (χ1n) is 7.74. The fourth-order valence-corrected chi connectivity index (χ4v) is 2.55. The number of ether oxygens (including phenoxy) is 1. The maximum absolute atomic E-state index is 12.2. The number of carbonyl (C=O) groups is 1. The fourth-order valence-electron chi connectivity index (χ4n) is 2.55. The summed E-state index contributed by atoms with van der Waals surface area (Å²) in [5.41, 5.74) is 1.71. The Kier molecular flexibility index (Phi) is 6.18. The van der Waals surface area contributed by atoms with E-state index in [-0.39, 0.29) is 18.4 Å². The molecule has 0 unspecified atom stereocenters. The van der Waals surface area contributed by atoms with Crippen molar-refractivity contribution >= 4 is 5.91 Å². The van der Waals surface area contributed by atoms with Crippen LogP contribution in [-0.4, -0.2) is 24.2 Å². The van der Waals surface area contributed by atoms with Crippen molar-refractivity contribution in [3.63, 3.8) is 0 Å². The summed E-state index contributed by atoms with van der Waals surface area (Å²) in [5, 5.41) is 13.1. The van der Waals surface area contributed by atoms with Crippen LogP contribution in [0.15, 0.2) is 54.6 Å². The average molecular weight is 313 g/mol. The summed E-state index contributed by atoms with van der Waals surface area (Å²) in [6.07, 6.45) is 0.148. The summed E-state index contributed by atoms with van der Waals surface area (Å²) in [6.45, 7) is 1.90. The van der Waals surface area contributed by atoms with Crippen LogP contribution >= 0.6 is 0 Å². The van der Waals surface area contributed by atoms with Gasteiger partial charge in [0.1, 0.15) is 5.75 Å². The number of aliphatic hydroxyl groups excluding tert-OH is 1. The van der Waals surface area contributed by atoms with Crippen LogP contribution in [0.4, 0.5) is 0 Å². The molecule has 0 saturated carbocycles. The highest BCUT2D eigenvalue weighted by atomic mass is 16.5. The quantitative estimate of drug-likeness (QED) is 0.826. The molecule has 4 nitrogen and oxygen atoms in total. The summed E-state index contributed by atoms with van der Waals surface area (Å²) in [5.74, 6) is 0.627. The van der Waals surface area contributed by atoms with Crippen LogP contribution in [0.25, 0.3) is 0 Å². The van der Waals surface area contributed by atoms with Crippen molar-refractivity contribution in [2.24, 2.45) is 0 Å². The van der Waals surface area contributed by atoms with Crippen LogP contribution in [-0.2, 0) is 11.2 Å². The van der Waals surface area contributed by atoms with E-state index in [1.54, 1.807) is 7.11 Å². The number of hydrogen-bond donors (Lipinski definition) is 2. The van der Waals surface area contributed by atoms with E-state index in [0.717, 1.165) is 11.1 Å². The lowest BCUT2D eigenvalue weighted by atomic mass is 10.0. The lowest BCUT2D eigenvalue weighted by Gasteiger charge is -2.18. The Bertz CT molecular complexity index is 628. The molecular formula is C19H23NO3. The second-order valence-corrected chi connectivity index (χ2v) is 5.62. The Labute approximate surface area is 137 Å². The molecule has 4 heteroatoms. The minimum atomic E-state index is -0.585. The van der Waals surface area contributed by atoms with Crippen molar-refractivity contribution in [2.45, 2.75) is 31.9 Å². The third-order valence-corrected chi connectivity index (χ3v) is 3.71. The van der Waals surface area contributed by atoms with Crippen LogP contribution < -0.4 is 10.1 Å². The van der Waals surface area contributed by atoms with E-state index in [4.69, 9.17) is 4.74 Å². The third-order valence-electron chi connectivity index (χ3n) is 3.71. The minimum absolute atomic E-state index is 0.0812. The molecule has 0 radical (unpaired) electrons. The fraction of sp³-hybridized carbons (Fsp3) is 0.316. The lowest BCUT2D eigenvalue weighted by molar-refractivity contribution is -0.121. The molecule has 2 aromatic carbocycles.